The molecule has 1 unspecified atom stereocenters. The Morgan fingerprint density at radius 2 is 1.62 bits per heavy atom. The number of hydrogen-bond donors (Lipinski definition) is 2. The lowest BCUT2D eigenvalue weighted by atomic mass is 9.96. The Balaban J connectivity index is 1.38. The number of nitrogens with zero attached hydrogens (tertiary/aromatic N) is 2. The SMILES string of the molecule is O=C(NCC(=O)N1CCCC(N2CCCC2)C1)NC1CCCCC1. The summed E-state index contributed by atoms with van der Waals surface area (Å²) < 4.78 is 0. The van der Waals surface area contributed by atoms with Crippen molar-refractivity contribution in [2.24, 2.45) is 0 Å². The van der Waals surface area contributed by atoms with Gasteiger partial charge in [-0.15, -0.1) is 0 Å². The van der Waals surface area contributed by atoms with E-state index in [9.17, 15) is 9.59 Å². The summed E-state index contributed by atoms with van der Waals surface area (Å²) in [6, 6.07) is 0.605. The number of carbonyl (C=O) groups is 2. The Labute approximate surface area is 145 Å². The van der Waals surface area contributed by atoms with Gasteiger partial charge in [0.1, 0.15) is 0 Å². The number of nitrogens with one attached hydrogen (secondary N) is 2. The van der Waals surface area contributed by atoms with E-state index in [4.69, 9.17) is 0 Å². The van der Waals surface area contributed by atoms with Gasteiger partial charge in [-0.1, -0.05) is 19.3 Å². The minimum atomic E-state index is -0.191. The lowest BCUT2D eigenvalue weighted by molar-refractivity contribution is -0.132. The van der Waals surface area contributed by atoms with Crippen molar-refractivity contribution >= 4 is 11.9 Å². The molecule has 2 N–H and O–H groups in total. The highest BCUT2D eigenvalue weighted by molar-refractivity contribution is 5.84. The van der Waals surface area contributed by atoms with E-state index in [1.54, 1.807) is 0 Å². The Hall–Kier alpha value is -1.30. The second-order valence-electron chi connectivity index (χ2n) is 7.54. The van der Waals surface area contributed by atoms with Crippen LogP contribution in [0.25, 0.3) is 0 Å². The molecule has 136 valence electrons. The summed E-state index contributed by atoms with van der Waals surface area (Å²) in [5.74, 6) is 0.0534. The predicted molar refractivity (Wildman–Crippen MR) is 93.8 cm³/mol. The first-order valence-corrected chi connectivity index (χ1v) is 9.78. The zero-order valence-corrected chi connectivity index (χ0v) is 14.8. The van der Waals surface area contributed by atoms with Gasteiger partial charge in [0.2, 0.25) is 5.91 Å². The van der Waals surface area contributed by atoms with Crippen LogP contribution >= 0.6 is 0 Å². The van der Waals surface area contributed by atoms with Gasteiger partial charge in [-0.05, 0) is 51.6 Å². The molecule has 6 nitrogen and oxygen atoms in total. The fourth-order valence-corrected chi connectivity index (χ4v) is 4.34. The van der Waals surface area contributed by atoms with Crippen LogP contribution in [0.15, 0.2) is 0 Å². The molecule has 3 aliphatic rings. The summed E-state index contributed by atoms with van der Waals surface area (Å²) in [5, 5.41) is 5.76. The highest BCUT2D eigenvalue weighted by Gasteiger charge is 2.29. The summed E-state index contributed by atoms with van der Waals surface area (Å²) in [4.78, 5) is 28.9. The molecule has 24 heavy (non-hydrogen) atoms. The minimum Gasteiger partial charge on any atom is -0.340 e. The van der Waals surface area contributed by atoms with Crippen LogP contribution in [0.3, 0.4) is 0 Å². The Kier molecular flexibility index (Phi) is 6.35. The van der Waals surface area contributed by atoms with Crippen molar-refractivity contribution in [3.8, 4) is 0 Å². The summed E-state index contributed by atoms with van der Waals surface area (Å²) in [5.41, 5.74) is 0. The molecule has 3 amide bonds. The van der Waals surface area contributed by atoms with E-state index in [1.165, 1.54) is 51.6 Å². The molecule has 0 spiro atoms. The molecule has 0 radical (unpaired) electrons. The van der Waals surface area contributed by atoms with Crippen molar-refractivity contribution in [3.63, 3.8) is 0 Å². The van der Waals surface area contributed by atoms with Gasteiger partial charge in [0.25, 0.3) is 0 Å². The van der Waals surface area contributed by atoms with Gasteiger partial charge in [-0.2, -0.15) is 0 Å². The molecule has 1 atom stereocenters. The number of rotatable bonds is 4. The molecule has 2 heterocycles. The van der Waals surface area contributed by atoms with Gasteiger partial charge in [0.05, 0.1) is 6.54 Å². The van der Waals surface area contributed by atoms with Crippen LogP contribution in [0.2, 0.25) is 0 Å². The summed E-state index contributed by atoms with van der Waals surface area (Å²) in [6.07, 6.45) is 10.6. The Morgan fingerprint density at radius 3 is 2.38 bits per heavy atom. The maximum Gasteiger partial charge on any atom is 0.315 e. The van der Waals surface area contributed by atoms with Crippen LogP contribution in [0, 0.1) is 0 Å². The average molecular weight is 336 g/mol. The summed E-state index contributed by atoms with van der Waals surface area (Å²) in [7, 11) is 0. The molecule has 2 aliphatic heterocycles. The molecule has 0 bridgehead atoms. The van der Waals surface area contributed by atoms with E-state index >= 15 is 0 Å². The Morgan fingerprint density at radius 1 is 0.875 bits per heavy atom. The van der Waals surface area contributed by atoms with Crippen molar-refractivity contribution in [3.05, 3.63) is 0 Å². The smallest absolute Gasteiger partial charge is 0.315 e. The molecule has 3 fully saturated rings. The third kappa shape index (κ3) is 4.85. The standard InChI is InChI=1S/C18H32N4O2/c23-17(13-19-18(24)20-15-7-2-1-3-8-15)22-12-6-9-16(14-22)21-10-4-5-11-21/h15-16H,1-14H2,(H2,19,20,24). The van der Waals surface area contributed by atoms with Gasteiger partial charge in [-0.3, -0.25) is 9.69 Å². The van der Waals surface area contributed by atoms with Crippen molar-refractivity contribution in [1.29, 1.82) is 0 Å². The van der Waals surface area contributed by atoms with E-state index < -0.39 is 0 Å². The maximum atomic E-state index is 12.4. The van der Waals surface area contributed by atoms with Crippen molar-refractivity contribution in [2.45, 2.75) is 69.9 Å². The lowest BCUT2D eigenvalue weighted by Gasteiger charge is -2.37. The summed E-state index contributed by atoms with van der Waals surface area (Å²) in [6.45, 7) is 4.12. The highest BCUT2D eigenvalue weighted by atomic mass is 16.2. The fourth-order valence-electron chi connectivity index (χ4n) is 4.34. The number of piperidine rings is 1. The molecule has 3 rings (SSSR count). The van der Waals surface area contributed by atoms with E-state index in [0.29, 0.717) is 6.04 Å². The number of likely N-dealkylation sites (tertiary alicyclic amines) is 2. The molecule has 0 aromatic rings. The van der Waals surface area contributed by atoms with E-state index in [2.05, 4.69) is 15.5 Å². The number of urea groups is 1. The molecular formula is C18H32N4O2. The molecule has 1 saturated carbocycles. The molecule has 6 heteroatoms. The monoisotopic (exact) mass is 336 g/mol. The van der Waals surface area contributed by atoms with Crippen molar-refractivity contribution in [1.82, 2.24) is 20.4 Å². The molecule has 0 aromatic heterocycles. The van der Waals surface area contributed by atoms with E-state index in [-0.39, 0.29) is 24.5 Å². The number of hydrogen-bond acceptors (Lipinski definition) is 3. The predicted octanol–water partition coefficient (Wildman–Crippen LogP) is 1.71. The quantitative estimate of drug-likeness (QED) is 0.821. The third-order valence-corrected chi connectivity index (χ3v) is 5.75. The molecule has 0 aromatic carbocycles. The number of carbonyl (C=O) groups excluding carboxylic acids is 2. The van der Waals surface area contributed by atoms with Gasteiger partial charge in [0, 0.05) is 25.2 Å². The van der Waals surface area contributed by atoms with Crippen molar-refractivity contribution in [2.75, 3.05) is 32.7 Å². The first-order valence-electron chi connectivity index (χ1n) is 9.78. The Bertz CT molecular complexity index is 431. The van der Waals surface area contributed by atoms with Gasteiger partial charge >= 0.3 is 6.03 Å². The van der Waals surface area contributed by atoms with E-state index in [0.717, 1.165) is 32.4 Å². The van der Waals surface area contributed by atoms with Crippen molar-refractivity contribution < 1.29 is 9.59 Å². The first-order chi connectivity index (χ1) is 11.7. The molecule has 2 saturated heterocycles. The first kappa shape index (κ1) is 17.5. The largest absolute Gasteiger partial charge is 0.340 e. The fraction of sp³-hybridized carbons (Fsp3) is 0.889. The minimum absolute atomic E-state index is 0.0534. The summed E-state index contributed by atoms with van der Waals surface area (Å²) >= 11 is 0. The maximum absolute atomic E-state index is 12.4. The second kappa shape index (κ2) is 8.70. The topological polar surface area (TPSA) is 64.7 Å². The molecule has 1 aliphatic carbocycles. The molecular weight excluding hydrogens is 304 g/mol. The van der Waals surface area contributed by atoms with Gasteiger partial charge in [-0.25, -0.2) is 4.79 Å². The third-order valence-electron chi connectivity index (χ3n) is 5.75. The zero-order chi connectivity index (χ0) is 16.8. The van der Waals surface area contributed by atoms with Crippen LogP contribution in [0.4, 0.5) is 4.79 Å². The number of amides is 3. The van der Waals surface area contributed by atoms with Gasteiger partial charge < -0.3 is 15.5 Å². The lowest BCUT2D eigenvalue weighted by Crippen LogP contribution is -2.52. The van der Waals surface area contributed by atoms with Crippen LogP contribution in [0.5, 0.6) is 0 Å². The highest BCUT2D eigenvalue weighted by Crippen LogP contribution is 2.20. The average Bonchev–Trinajstić information content (AvgIpc) is 3.15. The van der Waals surface area contributed by atoms with Crippen LogP contribution in [0.1, 0.15) is 57.8 Å². The second-order valence-corrected chi connectivity index (χ2v) is 7.54. The zero-order valence-electron chi connectivity index (χ0n) is 14.8. The van der Waals surface area contributed by atoms with Crippen LogP contribution < -0.4 is 10.6 Å². The van der Waals surface area contributed by atoms with E-state index in [1.807, 2.05) is 4.90 Å². The van der Waals surface area contributed by atoms with Gasteiger partial charge in [0.15, 0.2) is 0 Å². The van der Waals surface area contributed by atoms with Crippen LogP contribution in [-0.2, 0) is 4.79 Å². The van der Waals surface area contributed by atoms with Crippen LogP contribution in [-0.4, -0.2) is 66.5 Å². The normalized spacial score (nSPS) is 26.3.